The third kappa shape index (κ3) is 9.10. The van der Waals surface area contributed by atoms with Crippen molar-refractivity contribution in [1.82, 2.24) is 15.3 Å². The number of rotatable bonds is 8. The monoisotopic (exact) mass is 791 g/mol. The van der Waals surface area contributed by atoms with Crippen LogP contribution in [-0.2, 0) is 0 Å². The average Bonchev–Trinajstić information content (AvgIpc) is 3.19. The number of nitrogens with one attached hydrogen (secondary N) is 2. The minimum atomic E-state index is -0.250. The molecule has 0 aliphatic rings. The SMILES string of the molecule is CCNC(=O)Nc1cccc(Oc2cccc(-c3c(C)cnc4c(Cl)cccc34)c2)c1.Cc1cnc2c(Cl)cccc2c1-c1cccc(Oc2cccc(N)c2)c1. The molecule has 6 aromatic carbocycles. The van der Waals surface area contributed by atoms with Gasteiger partial charge in [-0.2, -0.15) is 0 Å². The zero-order valence-electron chi connectivity index (χ0n) is 31.5. The molecule has 8 nitrogen and oxygen atoms in total. The van der Waals surface area contributed by atoms with E-state index in [0.717, 1.165) is 60.9 Å². The van der Waals surface area contributed by atoms with Crippen molar-refractivity contribution in [2.24, 2.45) is 0 Å². The fraction of sp³-hybridized carbons (Fsp3) is 0.0851. The van der Waals surface area contributed by atoms with Crippen molar-refractivity contribution < 1.29 is 14.3 Å². The zero-order valence-corrected chi connectivity index (χ0v) is 33.0. The number of amides is 2. The van der Waals surface area contributed by atoms with E-state index in [0.29, 0.717) is 45.2 Å². The summed E-state index contributed by atoms with van der Waals surface area (Å²) in [6.07, 6.45) is 3.70. The van der Waals surface area contributed by atoms with Crippen molar-refractivity contribution >= 4 is 62.4 Å². The van der Waals surface area contributed by atoms with Crippen LogP contribution in [0.25, 0.3) is 44.1 Å². The predicted octanol–water partition coefficient (Wildman–Crippen LogP) is 13.0. The summed E-state index contributed by atoms with van der Waals surface area (Å²) in [6.45, 7) is 6.51. The van der Waals surface area contributed by atoms with Gasteiger partial charge in [0, 0.05) is 53.2 Å². The molecular weight excluding hydrogens is 753 g/mol. The van der Waals surface area contributed by atoms with Crippen molar-refractivity contribution in [1.29, 1.82) is 0 Å². The normalized spacial score (nSPS) is 10.8. The Morgan fingerprint density at radius 1 is 0.614 bits per heavy atom. The number of hydrogen-bond donors (Lipinski definition) is 3. The van der Waals surface area contributed by atoms with Crippen molar-refractivity contribution in [3.63, 3.8) is 0 Å². The van der Waals surface area contributed by atoms with Gasteiger partial charge in [0.2, 0.25) is 0 Å². The van der Waals surface area contributed by atoms with Gasteiger partial charge in [-0.25, -0.2) is 4.79 Å². The summed E-state index contributed by atoms with van der Waals surface area (Å²) in [5.41, 5.74) is 15.1. The van der Waals surface area contributed by atoms with Crippen LogP contribution in [0.15, 0.2) is 146 Å². The van der Waals surface area contributed by atoms with Gasteiger partial charge in [-0.05, 0) is 115 Å². The number of nitrogen functional groups attached to an aromatic ring is 1. The summed E-state index contributed by atoms with van der Waals surface area (Å²) in [4.78, 5) is 20.8. The second-order valence-electron chi connectivity index (χ2n) is 13.2. The molecule has 2 aromatic heterocycles. The minimum Gasteiger partial charge on any atom is -0.457 e. The van der Waals surface area contributed by atoms with Crippen molar-refractivity contribution in [2.45, 2.75) is 20.8 Å². The Morgan fingerprint density at radius 3 is 1.58 bits per heavy atom. The number of halogens is 2. The van der Waals surface area contributed by atoms with E-state index >= 15 is 0 Å². The molecule has 8 rings (SSSR count). The molecule has 57 heavy (non-hydrogen) atoms. The van der Waals surface area contributed by atoms with E-state index in [9.17, 15) is 4.79 Å². The summed E-state index contributed by atoms with van der Waals surface area (Å²) in [5, 5.41) is 8.80. The maximum Gasteiger partial charge on any atom is 0.319 e. The number of ether oxygens (including phenoxy) is 2. The average molecular weight is 793 g/mol. The fourth-order valence-electron chi connectivity index (χ4n) is 6.59. The van der Waals surface area contributed by atoms with E-state index < -0.39 is 0 Å². The molecule has 0 saturated heterocycles. The molecule has 0 bridgehead atoms. The van der Waals surface area contributed by atoms with E-state index in [1.165, 1.54) is 0 Å². The maximum absolute atomic E-state index is 11.8. The molecular formula is C47H39Cl2N5O3. The van der Waals surface area contributed by atoms with Crippen molar-refractivity contribution in [3.05, 3.63) is 167 Å². The van der Waals surface area contributed by atoms with Gasteiger partial charge in [0.15, 0.2) is 0 Å². The number of nitrogens with two attached hydrogens (primary N) is 1. The summed E-state index contributed by atoms with van der Waals surface area (Å²) < 4.78 is 12.1. The van der Waals surface area contributed by atoms with Crippen LogP contribution >= 0.6 is 23.2 Å². The number of carbonyl (C=O) groups is 1. The van der Waals surface area contributed by atoms with E-state index in [-0.39, 0.29) is 6.03 Å². The first-order valence-electron chi connectivity index (χ1n) is 18.3. The molecule has 8 aromatic rings. The fourth-order valence-corrected chi connectivity index (χ4v) is 7.04. The lowest BCUT2D eigenvalue weighted by molar-refractivity contribution is 0.252. The van der Waals surface area contributed by atoms with Gasteiger partial charge in [-0.1, -0.05) is 83.9 Å². The van der Waals surface area contributed by atoms with Crippen LogP contribution in [0.5, 0.6) is 23.0 Å². The molecule has 4 N–H and O–H groups in total. The predicted molar refractivity (Wildman–Crippen MR) is 234 cm³/mol. The van der Waals surface area contributed by atoms with Crippen LogP contribution in [0, 0.1) is 13.8 Å². The summed E-state index contributed by atoms with van der Waals surface area (Å²) in [6, 6.07) is 42.0. The highest BCUT2D eigenvalue weighted by atomic mass is 35.5. The molecule has 0 aliphatic heterocycles. The molecule has 0 unspecified atom stereocenters. The minimum absolute atomic E-state index is 0.250. The molecule has 284 valence electrons. The van der Waals surface area contributed by atoms with Crippen LogP contribution in [-0.4, -0.2) is 22.5 Å². The lowest BCUT2D eigenvalue weighted by Gasteiger charge is -2.13. The first kappa shape index (κ1) is 38.7. The molecule has 0 radical (unpaired) electrons. The number of para-hydroxylation sites is 2. The number of hydrogen-bond acceptors (Lipinski definition) is 6. The number of pyridine rings is 2. The van der Waals surface area contributed by atoms with Gasteiger partial charge in [0.1, 0.15) is 23.0 Å². The third-order valence-corrected chi connectivity index (χ3v) is 9.69. The van der Waals surface area contributed by atoms with Crippen molar-refractivity contribution in [2.75, 3.05) is 17.6 Å². The number of aromatic nitrogens is 2. The Morgan fingerprint density at radius 2 is 1.07 bits per heavy atom. The van der Waals surface area contributed by atoms with Gasteiger partial charge in [-0.3, -0.25) is 9.97 Å². The summed E-state index contributed by atoms with van der Waals surface area (Å²) >= 11 is 12.7. The lowest BCUT2D eigenvalue weighted by Crippen LogP contribution is -2.28. The summed E-state index contributed by atoms with van der Waals surface area (Å²) in [5.74, 6) is 2.78. The summed E-state index contributed by atoms with van der Waals surface area (Å²) in [7, 11) is 0. The highest BCUT2D eigenvalue weighted by molar-refractivity contribution is 6.36. The number of anilines is 2. The maximum atomic E-state index is 11.8. The third-order valence-electron chi connectivity index (χ3n) is 9.08. The highest BCUT2D eigenvalue weighted by Gasteiger charge is 2.13. The molecule has 0 spiro atoms. The number of aryl methyl sites for hydroxylation is 2. The van der Waals surface area contributed by atoms with Gasteiger partial charge in [-0.15, -0.1) is 0 Å². The number of carbonyl (C=O) groups excluding carboxylic acids is 1. The van der Waals surface area contributed by atoms with Crippen LogP contribution < -0.4 is 25.8 Å². The number of nitrogens with zero attached hydrogens (tertiary/aromatic N) is 2. The quantitative estimate of drug-likeness (QED) is 0.132. The first-order chi connectivity index (χ1) is 27.7. The topological polar surface area (TPSA) is 111 Å². The van der Waals surface area contributed by atoms with Crippen molar-refractivity contribution in [3.8, 4) is 45.3 Å². The molecule has 0 atom stereocenters. The van der Waals surface area contributed by atoms with Gasteiger partial charge in [0.25, 0.3) is 0 Å². The molecule has 2 heterocycles. The number of urea groups is 1. The highest BCUT2D eigenvalue weighted by Crippen LogP contribution is 2.37. The van der Waals surface area contributed by atoms with Crippen LogP contribution in [0.2, 0.25) is 10.0 Å². The van der Waals surface area contributed by atoms with Crippen LogP contribution in [0.1, 0.15) is 18.1 Å². The Bertz CT molecular complexity index is 2740. The Hall–Kier alpha value is -6.61. The van der Waals surface area contributed by atoms with Gasteiger partial charge >= 0.3 is 6.03 Å². The standard InChI is InChI=1S/C25H22ClN3O2.C22H17ClN2O/c1-3-27-25(30)29-18-8-5-10-20(14-18)31-19-9-4-7-17(13-19)23-16(2)15-28-24-21(23)11-6-12-22(24)26;1-14-13-25-22-19(9-4-10-20(22)23)21(14)15-5-2-7-17(11-15)26-18-8-3-6-16(24)12-18/h4-15H,3H2,1-2H3,(H2,27,29,30);2-13H,24H2,1H3. The second-order valence-corrected chi connectivity index (χ2v) is 14.1. The Labute approximate surface area is 341 Å². The van der Waals surface area contributed by atoms with Gasteiger partial charge in [0.05, 0.1) is 21.1 Å². The lowest BCUT2D eigenvalue weighted by atomic mass is 9.97. The Kier molecular flexibility index (Phi) is 11.8. The molecule has 0 saturated carbocycles. The second kappa shape index (κ2) is 17.5. The molecule has 10 heteroatoms. The largest absolute Gasteiger partial charge is 0.457 e. The van der Waals surface area contributed by atoms with Crippen LogP contribution in [0.4, 0.5) is 16.2 Å². The van der Waals surface area contributed by atoms with E-state index in [4.69, 9.17) is 38.4 Å². The smallest absolute Gasteiger partial charge is 0.319 e. The molecule has 0 fully saturated rings. The van der Waals surface area contributed by atoms with Gasteiger partial charge < -0.3 is 25.8 Å². The van der Waals surface area contributed by atoms with E-state index in [1.807, 2.05) is 148 Å². The first-order valence-corrected chi connectivity index (χ1v) is 19.1. The zero-order chi connectivity index (χ0) is 39.9. The molecule has 0 aliphatic carbocycles. The Balaban J connectivity index is 0.000000177. The van der Waals surface area contributed by atoms with E-state index in [1.54, 1.807) is 12.1 Å². The number of fused-ring (bicyclic) bond motifs is 2. The molecule has 2 amide bonds. The van der Waals surface area contributed by atoms with Crippen LogP contribution in [0.3, 0.4) is 0 Å². The number of benzene rings is 6. The van der Waals surface area contributed by atoms with E-state index in [2.05, 4.69) is 26.7 Å².